The van der Waals surface area contributed by atoms with Crippen molar-refractivity contribution in [3.8, 4) is 11.5 Å². The smallest absolute Gasteiger partial charge is 0.278 e. The molecule has 1 aliphatic heterocycles. The highest BCUT2D eigenvalue weighted by Crippen LogP contribution is 2.34. The van der Waals surface area contributed by atoms with Gasteiger partial charge < -0.3 is 14.8 Å². The third-order valence-corrected chi connectivity index (χ3v) is 5.98. The fourth-order valence-electron chi connectivity index (χ4n) is 3.46. The molecule has 0 bridgehead atoms. The molecule has 2 amide bonds. The predicted octanol–water partition coefficient (Wildman–Crippen LogP) is 4.34. The molecular formula is C24H21FN2O4S. The van der Waals surface area contributed by atoms with Crippen molar-refractivity contribution in [2.24, 2.45) is 0 Å². The van der Waals surface area contributed by atoms with Crippen molar-refractivity contribution >= 4 is 34.4 Å². The lowest BCUT2D eigenvalue weighted by Crippen LogP contribution is -2.34. The zero-order valence-electron chi connectivity index (χ0n) is 17.6. The first kappa shape index (κ1) is 21.6. The number of rotatable bonds is 8. The highest BCUT2D eigenvalue weighted by Gasteiger charge is 2.39. The van der Waals surface area contributed by atoms with E-state index < -0.39 is 5.91 Å². The second-order valence-corrected chi connectivity index (χ2v) is 8.04. The summed E-state index contributed by atoms with van der Waals surface area (Å²) < 4.78 is 23.8. The Morgan fingerprint density at radius 2 is 1.66 bits per heavy atom. The second-order valence-electron chi connectivity index (χ2n) is 7.09. The molecule has 0 unspecified atom stereocenters. The van der Waals surface area contributed by atoms with Gasteiger partial charge in [-0.25, -0.2) is 4.39 Å². The van der Waals surface area contributed by atoms with Gasteiger partial charge in [0.25, 0.3) is 11.8 Å². The fraction of sp³-hybridized carbons (Fsp3) is 0.167. The molecule has 32 heavy (non-hydrogen) atoms. The number of halogens is 1. The molecule has 0 saturated heterocycles. The molecule has 0 spiro atoms. The number of anilines is 1. The lowest BCUT2D eigenvalue weighted by molar-refractivity contribution is -0.136. The lowest BCUT2D eigenvalue weighted by Gasteiger charge is -2.15. The monoisotopic (exact) mass is 452 g/mol. The number of methoxy groups -OCH3 is 2. The molecule has 3 aromatic rings. The summed E-state index contributed by atoms with van der Waals surface area (Å²) >= 11 is 1.39. The van der Waals surface area contributed by atoms with Gasteiger partial charge in [-0.05, 0) is 35.6 Å². The summed E-state index contributed by atoms with van der Waals surface area (Å²) in [5.41, 5.74) is 1.92. The average molecular weight is 453 g/mol. The van der Waals surface area contributed by atoms with E-state index in [1.165, 1.54) is 42.6 Å². The minimum atomic E-state index is -0.415. The van der Waals surface area contributed by atoms with E-state index in [1.807, 2.05) is 17.5 Å². The zero-order chi connectivity index (χ0) is 22.7. The van der Waals surface area contributed by atoms with Crippen LogP contribution >= 0.6 is 11.3 Å². The maximum atomic E-state index is 13.3. The molecule has 2 heterocycles. The number of amides is 2. The molecule has 8 heteroatoms. The fourth-order valence-corrected chi connectivity index (χ4v) is 4.23. The van der Waals surface area contributed by atoms with Crippen molar-refractivity contribution in [1.29, 1.82) is 0 Å². The van der Waals surface area contributed by atoms with Crippen LogP contribution in [0.2, 0.25) is 0 Å². The minimum absolute atomic E-state index is 0.185. The van der Waals surface area contributed by atoms with Gasteiger partial charge in [0.15, 0.2) is 0 Å². The number of thiophene rings is 1. The SMILES string of the molecule is COc1cc(NC2=C(c3cccs3)C(=O)N(CCc3ccc(F)cc3)C2=O)cc(OC)c1. The van der Waals surface area contributed by atoms with Crippen LogP contribution in [-0.4, -0.2) is 37.5 Å². The van der Waals surface area contributed by atoms with Crippen LogP contribution in [0.3, 0.4) is 0 Å². The number of carbonyl (C=O) groups is 2. The summed E-state index contributed by atoms with van der Waals surface area (Å²) in [7, 11) is 3.08. The van der Waals surface area contributed by atoms with Crippen LogP contribution < -0.4 is 14.8 Å². The molecular weight excluding hydrogens is 431 g/mol. The summed E-state index contributed by atoms with van der Waals surface area (Å²) in [5, 5.41) is 4.96. The predicted molar refractivity (Wildman–Crippen MR) is 121 cm³/mol. The molecule has 1 aromatic heterocycles. The quantitative estimate of drug-likeness (QED) is 0.515. The normalized spacial score (nSPS) is 13.7. The number of carbonyl (C=O) groups excluding carboxylic acids is 2. The van der Waals surface area contributed by atoms with E-state index in [-0.39, 0.29) is 24.0 Å². The molecule has 1 N–H and O–H groups in total. The van der Waals surface area contributed by atoms with Gasteiger partial charge in [-0.2, -0.15) is 0 Å². The highest BCUT2D eigenvalue weighted by molar-refractivity contribution is 7.11. The van der Waals surface area contributed by atoms with Crippen LogP contribution in [0, 0.1) is 5.82 Å². The maximum absolute atomic E-state index is 13.3. The summed E-state index contributed by atoms with van der Waals surface area (Å²) in [6.45, 7) is 0.185. The first-order chi connectivity index (χ1) is 15.5. The van der Waals surface area contributed by atoms with E-state index >= 15 is 0 Å². The van der Waals surface area contributed by atoms with E-state index in [0.717, 1.165) is 5.56 Å². The van der Waals surface area contributed by atoms with Gasteiger partial charge in [0.1, 0.15) is 23.0 Å². The summed E-state index contributed by atoms with van der Waals surface area (Å²) in [5.74, 6) is -0.00623. The molecule has 0 atom stereocenters. The Morgan fingerprint density at radius 1 is 0.969 bits per heavy atom. The van der Waals surface area contributed by atoms with Gasteiger partial charge in [-0.15, -0.1) is 11.3 Å². The average Bonchev–Trinajstić information content (AvgIpc) is 3.40. The largest absolute Gasteiger partial charge is 0.497 e. The van der Waals surface area contributed by atoms with Crippen LogP contribution in [0.5, 0.6) is 11.5 Å². The van der Waals surface area contributed by atoms with Crippen molar-refractivity contribution in [2.75, 3.05) is 26.1 Å². The van der Waals surface area contributed by atoms with Gasteiger partial charge in [0.2, 0.25) is 0 Å². The number of nitrogens with one attached hydrogen (secondary N) is 1. The van der Waals surface area contributed by atoms with Crippen LogP contribution in [0.4, 0.5) is 10.1 Å². The van der Waals surface area contributed by atoms with Crippen LogP contribution in [0.1, 0.15) is 10.4 Å². The molecule has 0 saturated carbocycles. The molecule has 2 aromatic carbocycles. The summed E-state index contributed by atoms with van der Waals surface area (Å²) in [4.78, 5) is 28.4. The maximum Gasteiger partial charge on any atom is 0.278 e. The highest BCUT2D eigenvalue weighted by atomic mass is 32.1. The number of nitrogens with zero attached hydrogens (tertiary/aromatic N) is 1. The third-order valence-electron chi connectivity index (χ3n) is 5.09. The molecule has 0 aliphatic carbocycles. The first-order valence-electron chi connectivity index (χ1n) is 9.89. The van der Waals surface area contributed by atoms with Crippen molar-refractivity contribution in [1.82, 2.24) is 4.90 Å². The van der Waals surface area contributed by atoms with Crippen molar-refractivity contribution in [3.63, 3.8) is 0 Å². The Morgan fingerprint density at radius 3 is 2.25 bits per heavy atom. The number of imide groups is 1. The number of ether oxygens (including phenoxy) is 2. The van der Waals surface area contributed by atoms with Gasteiger partial charge in [-0.3, -0.25) is 14.5 Å². The van der Waals surface area contributed by atoms with Gasteiger partial charge in [0.05, 0.1) is 19.8 Å². The summed E-state index contributed by atoms with van der Waals surface area (Å²) in [6.07, 6.45) is 0.426. The molecule has 164 valence electrons. The minimum Gasteiger partial charge on any atom is -0.497 e. The Hall–Kier alpha value is -3.65. The van der Waals surface area contributed by atoms with E-state index in [4.69, 9.17) is 9.47 Å². The molecule has 0 fully saturated rings. The number of hydrogen-bond acceptors (Lipinski definition) is 6. The van der Waals surface area contributed by atoms with Gasteiger partial charge >= 0.3 is 0 Å². The van der Waals surface area contributed by atoms with Crippen molar-refractivity contribution in [3.05, 3.63) is 81.9 Å². The Bertz CT molecular complexity index is 1150. The van der Waals surface area contributed by atoms with E-state index in [0.29, 0.717) is 34.1 Å². The lowest BCUT2D eigenvalue weighted by atomic mass is 10.1. The molecule has 4 rings (SSSR count). The van der Waals surface area contributed by atoms with Gasteiger partial charge in [-0.1, -0.05) is 18.2 Å². The van der Waals surface area contributed by atoms with Crippen molar-refractivity contribution < 1.29 is 23.5 Å². The van der Waals surface area contributed by atoms with Crippen LogP contribution in [-0.2, 0) is 16.0 Å². The number of benzene rings is 2. The first-order valence-corrected chi connectivity index (χ1v) is 10.8. The second kappa shape index (κ2) is 9.23. The van der Waals surface area contributed by atoms with Crippen molar-refractivity contribution in [2.45, 2.75) is 6.42 Å². The van der Waals surface area contributed by atoms with Crippen LogP contribution in [0.15, 0.2) is 65.7 Å². The molecule has 6 nitrogen and oxygen atoms in total. The molecule has 1 aliphatic rings. The summed E-state index contributed by atoms with van der Waals surface area (Å²) in [6, 6.07) is 14.8. The van der Waals surface area contributed by atoms with E-state index in [2.05, 4.69) is 5.32 Å². The Kier molecular flexibility index (Phi) is 6.23. The topological polar surface area (TPSA) is 67.9 Å². The number of hydrogen-bond donors (Lipinski definition) is 1. The standard InChI is InChI=1S/C24H21FN2O4S/c1-30-18-12-17(13-19(14-18)31-2)26-22-21(20-4-3-11-32-20)23(28)27(24(22)29)10-9-15-5-7-16(25)8-6-15/h3-8,11-14,26H,9-10H2,1-2H3. The zero-order valence-corrected chi connectivity index (χ0v) is 18.4. The van der Waals surface area contributed by atoms with Crippen LogP contribution in [0.25, 0.3) is 5.57 Å². The Balaban J connectivity index is 1.64. The van der Waals surface area contributed by atoms with E-state index in [9.17, 15) is 14.0 Å². The molecule has 0 radical (unpaired) electrons. The van der Waals surface area contributed by atoms with Gasteiger partial charge in [0, 0.05) is 35.3 Å². The Labute approximate surface area is 188 Å². The van der Waals surface area contributed by atoms with E-state index in [1.54, 1.807) is 30.3 Å². The third kappa shape index (κ3) is 4.36.